The second-order valence-electron chi connectivity index (χ2n) is 4.69. The lowest BCUT2D eigenvalue weighted by Gasteiger charge is -2.19. The van der Waals surface area contributed by atoms with Gasteiger partial charge in [0.25, 0.3) is 0 Å². The molecule has 0 amide bonds. The van der Waals surface area contributed by atoms with Gasteiger partial charge >= 0.3 is 0 Å². The first-order valence-corrected chi connectivity index (χ1v) is 5.67. The Morgan fingerprint density at radius 1 is 1.40 bits per heavy atom. The van der Waals surface area contributed by atoms with Crippen molar-refractivity contribution in [2.24, 2.45) is 5.92 Å². The van der Waals surface area contributed by atoms with E-state index in [9.17, 15) is 5.11 Å². The van der Waals surface area contributed by atoms with E-state index in [0.717, 1.165) is 19.3 Å². The molecule has 1 aliphatic carbocycles. The molecule has 1 heterocycles. The first-order chi connectivity index (χ1) is 7.25. The number of rotatable bonds is 0. The van der Waals surface area contributed by atoms with Crippen molar-refractivity contribution in [3.8, 4) is 0 Å². The molecule has 2 heteroatoms. The summed E-state index contributed by atoms with van der Waals surface area (Å²) in [6.45, 7) is 2.16. The molecule has 1 unspecified atom stereocenters. The molecule has 2 nitrogen and oxygen atoms in total. The number of aliphatic hydroxyl groups excluding tert-OH is 1. The normalized spacial score (nSPS) is 33.6. The first-order valence-electron chi connectivity index (χ1n) is 5.67. The van der Waals surface area contributed by atoms with Gasteiger partial charge in [0.05, 0.1) is 6.10 Å². The number of hydrogen-bond donors (Lipinski definition) is 1. The monoisotopic (exact) mass is 204 g/mol. The summed E-state index contributed by atoms with van der Waals surface area (Å²) in [5.41, 5.74) is 4.10. The van der Waals surface area contributed by atoms with Crippen molar-refractivity contribution < 1.29 is 9.84 Å². The molecular formula is C13H16O2. The summed E-state index contributed by atoms with van der Waals surface area (Å²) in [7, 11) is 0. The van der Waals surface area contributed by atoms with Crippen molar-refractivity contribution in [2.75, 3.05) is 0 Å². The van der Waals surface area contributed by atoms with Crippen LogP contribution < -0.4 is 0 Å². The minimum atomic E-state index is -0.538. The molecule has 0 radical (unpaired) electrons. The lowest BCUT2D eigenvalue weighted by Crippen LogP contribution is -2.17. The Hall–Kier alpha value is -0.860. The topological polar surface area (TPSA) is 29.5 Å². The largest absolute Gasteiger partial charge is 0.368 e. The Balaban J connectivity index is 2.07. The van der Waals surface area contributed by atoms with Crippen molar-refractivity contribution in [1.29, 1.82) is 0 Å². The van der Waals surface area contributed by atoms with E-state index in [-0.39, 0.29) is 6.10 Å². The summed E-state index contributed by atoms with van der Waals surface area (Å²) in [6.07, 6.45) is 2.71. The molecule has 80 valence electrons. The zero-order valence-electron chi connectivity index (χ0n) is 8.94. The standard InChI is InChI=1S/C13H16O2/c1-8-3-2-4-11-10(8)6-5-9-7-12(11)15-13(9)14/h2-4,9,12-14H,5-7H2,1H3/t9-,12-,13?/m0/s1. The maximum atomic E-state index is 9.70. The van der Waals surface area contributed by atoms with Gasteiger partial charge in [0.2, 0.25) is 0 Å². The third-order valence-corrected chi connectivity index (χ3v) is 3.78. The average Bonchev–Trinajstić information content (AvgIpc) is 2.45. The summed E-state index contributed by atoms with van der Waals surface area (Å²) < 4.78 is 5.60. The Bertz CT molecular complexity index is 386. The second kappa shape index (κ2) is 3.32. The number of aliphatic hydroxyl groups is 1. The van der Waals surface area contributed by atoms with Crippen LogP contribution >= 0.6 is 0 Å². The fourth-order valence-corrected chi connectivity index (χ4v) is 2.88. The highest BCUT2D eigenvalue weighted by Crippen LogP contribution is 2.43. The van der Waals surface area contributed by atoms with Crippen molar-refractivity contribution in [3.05, 3.63) is 34.9 Å². The molecule has 3 rings (SSSR count). The lowest BCUT2D eigenvalue weighted by molar-refractivity contribution is -0.112. The highest BCUT2D eigenvalue weighted by molar-refractivity contribution is 5.37. The molecule has 1 aromatic carbocycles. The van der Waals surface area contributed by atoms with E-state index in [1.807, 2.05) is 0 Å². The molecule has 2 bridgehead atoms. The van der Waals surface area contributed by atoms with Gasteiger partial charge in [-0.25, -0.2) is 0 Å². The summed E-state index contributed by atoms with van der Waals surface area (Å²) in [5, 5.41) is 9.70. The van der Waals surface area contributed by atoms with Gasteiger partial charge < -0.3 is 9.84 Å². The van der Waals surface area contributed by atoms with E-state index in [2.05, 4.69) is 25.1 Å². The van der Waals surface area contributed by atoms with Crippen LogP contribution in [0.5, 0.6) is 0 Å². The van der Waals surface area contributed by atoms with Crippen LogP contribution in [0.2, 0.25) is 0 Å². The van der Waals surface area contributed by atoms with Gasteiger partial charge in [-0.3, -0.25) is 0 Å². The smallest absolute Gasteiger partial charge is 0.158 e. The molecule has 1 N–H and O–H groups in total. The van der Waals surface area contributed by atoms with Crippen LogP contribution in [0.1, 0.15) is 35.6 Å². The van der Waals surface area contributed by atoms with Crippen LogP contribution in [0, 0.1) is 12.8 Å². The summed E-state index contributed by atoms with van der Waals surface area (Å²) >= 11 is 0. The summed E-state index contributed by atoms with van der Waals surface area (Å²) in [6, 6.07) is 6.39. The van der Waals surface area contributed by atoms with Crippen LogP contribution in [0.25, 0.3) is 0 Å². The average molecular weight is 204 g/mol. The van der Waals surface area contributed by atoms with Gasteiger partial charge in [0.1, 0.15) is 0 Å². The van der Waals surface area contributed by atoms with Crippen LogP contribution in [-0.4, -0.2) is 11.4 Å². The van der Waals surface area contributed by atoms with Crippen molar-refractivity contribution >= 4 is 0 Å². The molecule has 1 fully saturated rings. The third-order valence-electron chi connectivity index (χ3n) is 3.78. The Kier molecular flexibility index (Phi) is 2.08. The highest BCUT2D eigenvalue weighted by Gasteiger charge is 2.37. The maximum absolute atomic E-state index is 9.70. The quantitative estimate of drug-likeness (QED) is 0.703. The zero-order valence-corrected chi connectivity index (χ0v) is 8.94. The highest BCUT2D eigenvalue weighted by atomic mass is 16.6. The minimum Gasteiger partial charge on any atom is -0.368 e. The van der Waals surface area contributed by atoms with Gasteiger partial charge in [-0.15, -0.1) is 0 Å². The van der Waals surface area contributed by atoms with E-state index < -0.39 is 6.29 Å². The Morgan fingerprint density at radius 2 is 2.27 bits per heavy atom. The Morgan fingerprint density at radius 3 is 3.13 bits per heavy atom. The molecule has 0 saturated carbocycles. The molecule has 2 aliphatic rings. The van der Waals surface area contributed by atoms with Gasteiger partial charge in [0.15, 0.2) is 6.29 Å². The summed E-state index contributed by atoms with van der Waals surface area (Å²) in [5.74, 6) is 0.335. The van der Waals surface area contributed by atoms with Crippen molar-refractivity contribution in [2.45, 2.75) is 38.6 Å². The fourth-order valence-electron chi connectivity index (χ4n) is 2.88. The molecule has 15 heavy (non-hydrogen) atoms. The zero-order chi connectivity index (χ0) is 10.4. The minimum absolute atomic E-state index is 0.127. The molecule has 1 saturated heterocycles. The lowest BCUT2D eigenvalue weighted by atomic mass is 9.96. The fraction of sp³-hybridized carbons (Fsp3) is 0.538. The number of aryl methyl sites for hydroxylation is 1. The number of fused-ring (bicyclic) bond motifs is 4. The van der Waals surface area contributed by atoms with Crippen molar-refractivity contribution in [3.63, 3.8) is 0 Å². The van der Waals surface area contributed by atoms with E-state index in [1.165, 1.54) is 16.7 Å². The van der Waals surface area contributed by atoms with Gasteiger partial charge in [-0.05, 0) is 42.9 Å². The number of ether oxygens (including phenoxy) is 1. The van der Waals surface area contributed by atoms with Gasteiger partial charge in [0, 0.05) is 5.92 Å². The number of benzene rings is 1. The van der Waals surface area contributed by atoms with Crippen LogP contribution in [0.3, 0.4) is 0 Å². The van der Waals surface area contributed by atoms with E-state index in [1.54, 1.807) is 0 Å². The molecular weight excluding hydrogens is 188 g/mol. The summed E-state index contributed by atoms with van der Waals surface area (Å²) in [4.78, 5) is 0. The first kappa shape index (κ1) is 9.37. The molecule has 1 aromatic rings. The third kappa shape index (κ3) is 1.40. The Labute approximate surface area is 89.9 Å². The molecule has 0 spiro atoms. The predicted molar refractivity (Wildman–Crippen MR) is 57.4 cm³/mol. The van der Waals surface area contributed by atoms with Gasteiger partial charge in [-0.1, -0.05) is 18.2 Å². The molecule has 1 aliphatic heterocycles. The van der Waals surface area contributed by atoms with Crippen LogP contribution in [-0.2, 0) is 11.2 Å². The van der Waals surface area contributed by atoms with E-state index in [0.29, 0.717) is 5.92 Å². The van der Waals surface area contributed by atoms with Gasteiger partial charge in [-0.2, -0.15) is 0 Å². The SMILES string of the molecule is Cc1cccc2c1CC[C@H]1C[C@@H]2OC1O. The van der Waals surface area contributed by atoms with E-state index in [4.69, 9.17) is 4.74 Å². The molecule has 3 atom stereocenters. The van der Waals surface area contributed by atoms with Crippen LogP contribution in [0.15, 0.2) is 18.2 Å². The predicted octanol–water partition coefficient (Wildman–Crippen LogP) is 2.34. The van der Waals surface area contributed by atoms with E-state index >= 15 is 0 Å². The van der Waals surface area contributed by atoms with Crippen LogP contribution in [0.4, 0.5) is 0 Å². The van der Waals surface area contributed by atoms with Crippen molar-refractivity contribution in [1.82, 2.24) is 0 Å². The second-order valence-corrected chi connectivity index (χ2v) is 4.69. The molecule has 0 aromatic heterocycles. The maximum Gasteiger partial charge on any atom is 0.158 e. The number of hydrogen-bond acceptors (Lipinski definition) is 2.